The smallest absolute Gasteiger partial charge is 0.164 e. The summed E-state index contributed by atoms with van der Waals surface area (Å²) in [4.78, 5) is 0. The standard InChI is InChI=1S/C9H11O2S/c1-10-8-5-3-4-7(6-12)9(8)11-2/h3-5H,6H2,1-2H3. The van der Waals surface area contributed by atoms with Crippen LogP contribution >= 0.6 is 12.6 Å². The molecular formula is C9H11O2S. The fraction of sp³-hybridized carbons (Fsp3) is 0.333. The Morgan fingerprint density at radius 1 is 1.25 bits per heavy atom. The van der Waals surface area contributed by atoms with E-state index in [1.54, 1.807) is 14.2 Å². The molecule has 1 rings (SSSR count). The number of rotatable bonds is 3. The van der Waals surface area contributed by atoms with Gasteiger partial charge in [-0.1, -0.05) is 24.8 Å². The molecule has 0 fully saturated rings. The lowest BCUT2D eigenvalue weighted by Crippen LogP contribution is -1.93. The second kappa shape index (κ2) is 4.26. The summed E-state index contributed by atoms with van der Waals surface area (Å²) in [5.74, 6) is 2.02. The minimum absolute atomic E-state index is 0.542. The van der Waals surface area contributed by atoms with E-state index >= 15 is 0 Å². The van der Waals surface area contributed by atoms with Crippen LogP contribution in [0.15, 0.2) is 18.2 Å². The normalized spacial score (nSPS) is 9.58. The first-order chi connectivity index (χ1) is 5.83. The lowest BCUT2D eigenvalue weighted by Gasteiger charge is -2.10. The molecule has 2 nitrogen and oxygen atoms in total. The molecule has 0 saturated carbocycles. The zero-order chi connectivity index (χ0) is 8.97. The highest BCUT2D eigenvalue weighted by Crippen LogP contribution is 2.31. The molecule has 0 aromatic heterocycles. The molecule has 0 aliphatic carbocycles. The maximum absolute atomic E-state index is 5.17. The Hall–Kier alpha value is -0.830. The zero-order valence-electron chi connectivity index (χ0n) is 7.16. The minimum atomic E-state index is 0.542. The fourth-order valence-electron chi connectivity index (χ4n) is 1.07. The van der Waals surface area contributed by atoms with Crippen molar-refractivity contribution in [2.24, 2.45) is 0 Å². The average molecular weight is 183 g/mol. The summed E-state index contributed by atoms with van der Waals surface area (Å²) >= 11 is 4.94. The van der Waals surface area contributed by atoms with Gasteiger partial charge in [0.05, 0.1) is 14.2 Å². The Morgan fingerprint density at radius 2 is 2.00 bits per heavy atom. The van der Waals surface area contributed by atoms with Gasteiger partial charge in [-0.3, -0.25) is 0 Å². The van der Waals surface area contributed by atoms with Crippen molar-refractivity contribution in [1.82, 2.24) is 0 Å². The van der Waals surface area contributed by atoms with Crippen molar-refractivity contribution in [1.29, 1.82) is 0 Å². The molecule has 0 aliphatic heterocycles. The van der Waals surface area contributed by atoms with Crippen LogP contribution in [0.2, 0.25) is 0 Å². The van der Waals surface area contributed by atoms with Crippen LogP contribution in [0.3, 0.4) is 0 Å². The van der Waals surface area contributed by atoms with E-state index in [9.17, 15) is 0 Å². The highest BCUT2D eigenvalue weighted by molar-refractivity contribution is 7.79. The predicted molar refractivity (Wildman–Crippen MR) is 50.8 cm³/mol. The van der Waals surface area contributed by atoms with Crippen LogP contribution in [0.5, 0.6) is 11.5 Å². The Kier molecular flexibility index (Phi) is 3.29. The second-order valence-electron chi connectivity index (χ2n) is 2.30. The molecule has 1 aromatic carbocycles. The summed E-state index contributed by atoms with van der Waals surface area (Å²) < 4.78 is 10.3. The molecule has 0 N–H and O–H groups in total. The number of benzene rings is 1. The van der Waals surface area contributed by atoms with E-state index in [0.717, 1.165) is 17.1 Å². The van der Waals surface area contributed by atoms with E-state index in [4.69, 9.17) is 22.1 Å². The summed E-state index contributed by atoms with van der Waals surface area (Å²) in [5, 5.41) is 0. The molecule has 0 amide bonds. The van der Waals surface area contributed by atoms with Gasteiger partial charge in [-0.25, -0.2) is 0 Å². The van der Waals surface area contributed by atoms with Gasteiger partial charge in [0.1, 0.15) is 0 Å². The van der Waals surface area contributed by atoms with Crippen molar-refractivity contribution in [3.8, 4) is 11.5 Å². The van der Waals surface area contributed by atoms with E-state index in [0.29, 0.717) is 5.75 Å². The van der Waals surface area contributed by atoms with E-state index in [-0.39, 0.29) is 0 Å². The summed E-state index contributed by atoms with van der Waals surface area (Å²) in [6, 6.07) is 5.70. The predicted octanol–water partition coefficient (Wildman–Crippen LogP) is 2.40. The molecule has 1 radical (unpaired) electrons. The summed E-state index contributed by atoms with van der Waals surface area (Å²) in [5.41, 5.74) is 0.992. The minimum Gasteiger partial charge on any atom is -0.493 e. The van der Waals surface area contributed by atoms with Crippen LogP contribution in [-0.2, 0) is 5.75 Å². The van der Waals surface area contributed by atoms with Crippen molar-refractivity contribution >= 4 is 12.6 Å². The quantitative estimate of drug-likeness (QED) is 0.716. The highest BCUT2D eigenvalue weighted by Gasteiger charge is 2.06. The van der Waals surface area contributed by atoms with Gasteiger partial charge in [-0.15, -0.1) is 0 Å². The van der Waals surface area contributed by atoms with Gasteiger partial charge in [-0.2, -0.15) is 0 Å². The Morgan fingerprint density at radius 3 is 2.50 bits per heavy atom. The molecule has 0 bridgehead atoms. The van der Waals surface area contributed by atoms with Crippen LogP contribution in [0.4, 0.5) is 0 Å². The van der Waals surface area contributed by atoms with Crippen LogP contribution in [0.1, 0.15) is 5.56 Å². The Bertz CT molecular complexity index is 238. The summed E-state index contributed by atoms with van der Waals surface area (Å²) in [6.45, 7) is 0. The average Bonchev–Trinajstić information content (AvgIpc) is 2.16. The van der Waals surface area contributed by atoms with Crippen LogP contribution < -0.4 is 9.47 Å². The molecule has 0 saturated heterocycles. The number of hydrogen-bond acceptors (Lipinski definition) is 2. The first-order valence-electron chi connectivity index (χ1n) is 3.61. The lowest BCUT2D eigenvalue weighted by atomic mass is 10.2. The molecule has 0 aliphatic rings. The lowest BCUT2D eigenvalue weighted by molar-refractivity contribution is 0.352. The van der Waals surface area contributed by atoms with Crippen molar-refractivity contribution < 1.29 is 9.47 Å². The molecule has 0 unspecified atom stereocenters. The van der Waals surface area contributed by atoms with Crippen molar-refractivity contribution in [3.05, 3.63) is 23.8 Å². The molecule has 0 atom stereocenters. The first-order valence-corrected chi connectivity index (χ1v) is 4.19. The van der Waals surface area contributed by atoms with E-state index in [2.05, 4.69) is 0 Å². The molecular weight excluding hydrogens is 172 g/mol. The molecule has 65 valence electrons. The third-order valence-electron chi connectivity index (χ3n) is 1.64. The zero-order valence-corrected chi connectivity index (χ0v) is 7.98. The highest BCUT2D eigenvalue weighted by atomic mass is 32.1. The summed E-state index contributed by atoms with van der Waals surface area (Å²) in [6.07, 6.45) is 0. The van der Waals surface area contributed by atoms with E-state index < -0.39 is 0 Å². The fourth-order valence-corrected chi connectivity index (χ4v) is 1.29. The van der Waals surface area contributed by atoms with E-state index in [1.807, 2.05) is 18.2 Å². The van der Waals surface area contributed by atoms with Crippen LogP contribution in [0, 0.1) is 0 Å². The number of ether oxygens (including phenoxy) is 2. The van der Waals surface area contributed by atoms with Gasteiger partial charge in [0.2, 0.25) is 0 Å². The number of methoxy groups -OCH3 is 2. The molecule has 0 heterocycles. The Balaban J connectivity index is 3.13. The second-order valence-corrected chi connectivity index (χ2v) is 2.59. The third-order valence-corrected chi connectivity index (χ3v) is 1.95. The Labute approximate surface area is 77.9 Å². The number of para-hydroxylation sites is 1. The summed E-state index contributed by atoms with van der Waals surface area (Å²) in [7, 11) is 3.23. The van der Waals surface area contributed by atoms with Crippen LogP contribution in [0.25, 0.3) is 0 Å². The molecule has 1 aromatic rings. The number of hydrogen-bond donors (Lipinski definition) is 0. The molecule has 3 heteroatoms. The van der Waals surface area contributed by atoms with E-state index in [1.165, 1.54) is 0 Å². The maximum Gasteiger partial charge on any atom is 0.164 e. The van der Waals surface area contributed by atoms with Gasteiger partial charge < -0.3 is 9.47 Å². The topological polar surface area (TPSA) is 18.5 Å². The SMILES string of the molecule is COc1cccc(C[S])c1OC. The first kappa shape index (κ1) is 9.26. The van der Waals surface area contributed by atoms with Gasteiger partial charge in [0.15, 0.2) is 11.5 Å². The third kappa shape index (κ3) is 1.67. The largest absolute Gasteiger partial charge is 0.493 e. The molecule has 12 heavy (non-hydrogen) atoms. The van der Waals surface area contributed by atoms with Crippen molar-refractivity contribution in [2.45, 2.75) is 5.75 Å². The van der Waals surface area contributed by atoms with Crippen molar-refractivity contribution in [3.63, 3.8) is 0 Å². The van der Waals surface area contributed by atoms with Crippen molar-refractivity contribution in [2.75, 3.05) is 14.2 Å². The van der Waals surface area contributed by atoms with Crippen LogP contribution in [-0.4, -0.2) is 14.2 Å². The molecule has 0 spiro atoms. The van der Waals surface area contributed by atoms with Gasteiger partial charge in [0.25, 0.3) is 0 Å². The monoisotopic (exact) mass is 183 g/mol. The maximum atomic E-state index is 5.17. The van der Waals surface area contributed by atoms with Gasteiger partial charge in [0, 0.05) is 11.3 Å². The van der Waals surface area contributed by atoms with Gasteiger partial charge in [-0.05, 0) is 6.07 Å². The van der Waals surface area contributed by atoms with Gasteiger partial charge >= 0.3 is 0 Å².